The number of rotatable bonds is 0. The maximum absolute atomic E-state index is 12.0. The predicted molar refractivity (Wildman–Crippen MR) is 59.8 cm³/mol. The zero-order chi connectivity index (χ0) is 12.0. The molecule has 1 aromatic heterocycles. The molecule has 0 aliphatic carbocycles. The molecule has 0 radical (unpaired) electrons. The number of ether oxygens (including phenoxy) is 2. The van der Waals surface area contributed by atoms with Crippen LogP contribution in [0, 0.1) is 11.3 Å². The predicted octanol–water partition coefficient (Wildman–Crippen LogP) is 0.711. The lowest BCUT2D eigenvalue weighted by Gasteiger charge is -2.03. The number of H-pyrrole nitrogens is 1. The van der Waals surface area contributed by atoms with Crippen LogP contribution >= 0.6 is 0 Å². The van der Waals surface area contributed by atoms with Crippen molar-refractivity contribution in [2.24, 2.45) is 0 Å². The zero-order valence-corrected chi connectivity index (χ0v) is 8.61. The number of nitrogen functional groups attached to an aromatic ring is 1. The molecule has 0 unspecified atom stereocenters. The van der Waals surface area contributed by atoms with Gasteiger partial charge in [-0.05, 0) is 6.07 Å². The number of aromatic nitrogens is 1. The minimum absolute atomic E-state index is 0.0591. The maximum atomic E-state index is 12.0. The summed E-state index contributed by atoms with van der Waals surface area (Å²) in [5.74, 6) is 1.11. The Kier molecular flexibility index (Phi) is 1.77. The Morgan fingerprint density at radius 3 is 2.76 bits per heavy atom. The lowest BCUT2D eigenvalue weighted by atomic mass is 10.1. The van der Waals surface area contributed by atoms with Gasteiger partial charge >= 0.3 is 0 Å². The average Bonchev–Trinajstić information content (AvgIpc) is 2.74. The summed E-state index contributed by atoms with van der Waals surface area (Å²) in [4.78, 5) is 14.8. The number of fused-ring (bicyclic) bond motifs is 2. The molecule has 2 heterocycles. The highest BCUT2D eigenvalue weighted by Crippen LogP contribution is 2.34. The number of aromatic amines is 1. The van der Waals surface area contributed by atoms with E-state index in [-0.39, 0.29) is 18.2 Å². The summed E-state index contributed by atoms with van der Waals surface area (Å²) in [5, 5.41) is 9.21. The summed E-state index contributed by atoms with van der Waals surface area (Å²) in [5.41, 5.74) is 5.62. The van der Waals surface area contributed by atoms with Gasteiger partial charge < -0.3 is 20.2 Å². The molecule has 0 bridgehead atoms. The van der Waals surface area contributed by atoms with Crippen molar-refractivity contribution in [3.8, 4) is 17.6 Å². The molecular weight excluding hydrogens is 222 g/mol. The van der Waals surface area contributed by atoms with Gasteiger partial charge in [0.05, 0.1) is 10.9 Å². The SMILES string of the molecule is N#Cc1c(N)[nH]c2cc3c(cc2c1=O)OCO3. The zero-order valence-electron chi connectivity index (χ0n) is 8.61. The molecule has 0 saturated heterocycles. The summed E-state index contributed by atoms with van der Waals surface area (Å²) in [6.07, 6.45) is 0. The third kappa shape index (κ3) is 1.23. The van der Waals surface area contributed by atoms with E-state index < -0.39 is 5.43 Å². The van der Waals surface area contributed by atoms with Crippen LogP contribution in [0.25, 0.3) is 10.9 Å². The second kappa shape index (κ2) is 3.15. The first-order valence-corrected chi connectivity index (χ1v) is 4.86. The highest BCUT2D eigenvalue weighted by Gasteiger charge is 2.17. The fraction of sp³-hybridized carbons (Fsp3) is 0.0909. The van der Waals surface area contributed by atoms with Crippen molar-refractivity contribution in [3.63, 3.8) is 0 Å². The van der Waals surface area contributed by atoms with Crippen molar-refractivity contribution in [2.75, 3.05) is 12.5 Å². The highest BCUT2D eigenvalue weighted by atomic mass is 16.7. The maximum Gasteiger partial charge on any atom is 0.231 e. The smallest absolute Gasteiger partial charge is 0.231 e. The second-order valence-electron chi connectivity index (χ2n) is 3.61. The van der Waals surface area contributed by atoms with Crippen LogP contribution in [0.2, 0.25) is 0 Å². The molecule has 2 aromatic rings. The fourth-order valence-electron chi connectivity index (χ4n) is 1.81. The first-order chi connectivity index (χ1) is 8.20. The van der Waals surface area contributed by atoms with Crippen molar-refractivity contribution < 1.29 is 9.47 Å². The Balaban J connectivity index is 2.45. The lowest BCUT2D eigenvalue weighted by molar-refractivity contribution is 0.174. The molecule has 3 N–H and O–H groups in total. The fourth-order valence-corrected chi connectivity index (χ4v) is 1.81. The number of nitrogens with two attached hydrogens (primary N) is 1. The molecule has 1 aliphatic rings. The Bertz CT molecular complexity index is 722. The van der Waals surface area contributed by atoms with Gasteiger partial charge in [0.1, 0.15) is 17.5 Å². The van der Waals surface area contributed by atoms with E-state index in [4.69, 9.17) is 20.5 Å². The second-order valence-corrected chi connectivity index (χ2v) is 3.61. The molecule has 6 nitrogen and oxygen atoms in total. The standard InChI is InChI=1S/C11H7N3O3/c12-3-6-10(15)5-1-8-9(17-4-16-8)2-7(5)14-11(6)13/h1-2H,4H2,(H3,13,14,15). The number of pyridine rings is 1. The summed E-state index contributed by atoms with van der Waals surface area (Å²) >= 11 is 0. The van der Waals surface area contributed by atoms with Gasteiger partial charge in [0.2, 0.25) is 12.2 Å². The van der Waals surface area contributed by atoms with Crippen molar-refractivity contribution >= 4 is 16.7 Å². The molecule has 1 aliphatic heterocycles. The van der Waals surface area contributed by atoms with E-state index in [2.05, 4.69) is 4.98 Å². The minimum Gasteiger partial charge on any atom is -0.454 e. The molecule has 0 saturated carbocycles. The van der Waals surface area contributed by atoms with Gasteiger partial charge in [-0.2, -0.15) is 5.26 Å². The molecule has 84 valence electrons. The highest BCUT2D eigenvalue weighted by molar-refractivity contribution is 5.85. The molecule has 0 amide bonds. The number of benzene rings is 1. The summed E-state index contributed by atoms with van der Waals surface area (Å²) < 4.78 is 10.4. The molecule has 0 fully saturated rings. The van der Waals surface area contributed by atoms with E-state index in [1.165, 1.54) is 0 Å². The molecule has 1 aromatic carbocycles. The van der Waals surface area contributed by atoms with Crippen LogP contribution in [-0.2, 0) is 0 Å². The van der Waals surface area contributed by atoms with Gasteiger partial charge in [-0.15, -0.1) is 0 Å². The van der Waals surface area contributed by atoms with Gasteiger partial charge in [-0.1, -0.05) is 0 Å². The van der Waals surface area contributed by atoms with Crippen molar-refractivity contribution in [1.82, 2.24) is 4.98 Å². The summed E-state index contributed by atoms with van der Waals surface area (Å²) in [6, 6.07) is 4.97. The van der Waals surface area contributed by atoms with Crippen LogP contribution in [0.5, 0.6) is 11.5 Å². The van der Waals surface area contributed by atoms with Crippen LogP contribution < -0.4 is 20.6 Å². The number of anilines is 1. The molecule has 0 spiro atoms. The van der Waals surface area contributed by atoms with E-state index in [0.717, 1.165) is 0 Å². The van der Waals surface area contributed by atoms with Gasteiger partial charge in [-0.25, -0.2) is 0 Å². The van der Waals surface area contributed by atoms with E-state index >= 15 is 0 Å². The van der Waals surface area contributed by atoms with Crippen LogP contribution in [0.3, 0.4) is 0 Å². The summed E-state index contributed by atoms with van der Waals surface area (Å²) in [7, 11) is 0. The van der Waals surface area contributed by atoms with E-state index in [1.807, 2.05) is 0 Å². The normalized spacial score (nSPS) is 12.6. The van der Waals surface area contributed by atoms with E-state index in [0.29, 0.717) is 22.4 Å². The van der Waals surface area contributed by atoms with Gasteiger partial charge in [0.15, 0.2) is 11.5 Å². The third-order valence-electron chi connectivity index (χ3n) is 2.63. The first kappa shape index (κ1) is 9.54. The minimum atomic E-state index is -0.406. The lowest BCUT2D eigenvalue weighted by Crippen LogP contribution is -2.11. The molecule has 3 rings (SSSR count). The van der Waals surface area contributed by atoms with Gasteiger partial charge in [0, 0.05) is 6.07 Å². The topological polar surface area (TPSA) is 101 Å². The van der Waals surface area contributed by atoms with Crippen LogP contribution in [0.4, 0.5) is 5.82 Å². The van der Waals surface area contributed by atoms with Gasteiger partial charge in [-0.3, -0.25) is 4.79 Å². The molecular formula is C11H7N3O3. The van der Waals surface area contributed by atoms with Crippen LogP contribution in [0.1, 0.15) is 5.56 Å². The van der Waals surface area contributed by atoms with Crippen LogP contribution in [-0.4, -0.2) is 11.8 Å². The Morgan fingerprint density at radius 1 is 1.35 bits per heavy atom. The van der Waals surface area contributed by atoms with Crippen LogP contribution in [0.15, 0.2) is 16.9 Å². The quantitative estimate of drug-likeness (QED) is 0.692. The molecule has 17 heavy (non-hydrogen) atoms. The molecule has 0 atom stereocenters. The largest absolute Gasteiger partial charge is 0.454 e. The van der Waals surface area contributed by atoms with E-state index in [9.17, 15) is 4.79 Å². The number of nitriles is 1. The van der Waals surface area contributed by atoms with Crippen molar-refractivity contribution in [2.45, 2.75) is 0 Å². The summed E-state index contributed by atoms with van der Waals surface area (Å²) in [6.45, 7) is 0.125. The number of hydrogen-bond acceptors (Lipinski definition) is 5. The molecule has 6 heteroatoms. The Hall–Kier alpha value is -2.68. The van der Waals surface area contributed by atoms with Crippen molar-refractivity contribution in [3.05, 3.63) is 27.9 Å². The van der Waals surface area contributed by atoms with E-state index in [1.54, 1.807) is 18.2 Å². The van der Waals surface area contributed by atoms with Crippen molar-refractivity contribution in [1.29, 1.82) is 5.26 Å². The average molecular weight is 229 g/mol. The number of nitrogens with zero attached hydrogens (tertiary/aromatic N) is 1. The third-order valence-corrected chi connectivity index (χ3v) is 2.63. The first-order valence-electron chi connectivity index (χ1n) is 4.86. The number of nitrogens with one attached hydrogen (secondary N) is 1. The Labute approximate surface area is 95.2 Å². The van der Waals surface area contributed by atoms with Gasteiger partial charge in [0.25, 0.3) is 0 Å². The Morgan fingerprint density at radius 2 is 2.06 bits per heavy atom. The monoisotopic (exact) mass is 229 g/mol. The number of hydrogen-bond donors (Lipinski definition) is 2.